The Morgan fingerprint density at radius 2 is 1.32 bits per heavy atom. The molecular formula is C14H14O4S. The van der Waals surface area contributed by atoms with E-state index in [4.69, 9.17) is 9.47 Å². The van der Waals surface area contributed by atoms with Crippen molar-refractivity contribution in [2.24, 2.45) is 0 Å². The Morgan fingerprint density at radius 3 is 1.79 bits per heavy atom. The summed E-state index contributed by atoms with van der Waals surface area (Å²) in [4.78, 5) is 0.254. The van der Waals surface area contributed by atoms with Gasteiger partial charge in [0.15, 0.2) is 4.90 Å². The Balaban J connectivity index is 2.71. The fraction of sp³-hybridized carbons (Fsp3) is 0.143. The summed E-state index contributed by atoms with van der Waals surface area (Å²) in [6, 6.07) is 13.1. The third-order valence-electron chi connectivity index (χ3n) is 2.70. The van der Waals surface area contributed by atoms with E-state index in [0.717, 1.165) is 0 Å². The van der Waals surface area contributed by atoms with Crippen molar-refractivity contribution in [3.8, 4) is 11.5 Å². The molecule has 0 fully saturated rings. The molecule has 5 heteroatoms. The second-order valence-electron chi connectivity index (χ2n) is 3.81. The zero-order valence-corrected chi connectivity index (χ0v) is 11.5. The molecule has 4 nitrogen and oxygen atoms in total. The number of rotatable bonds is 4. The van der Waals surface area contributed by atoms with Crippen molar-refractivity contribution in [1.82, 2.24) is 0 Å². The lowest BCUT2D eigenvalue weighted by molar-refractivity contribution is 0.373. The zero-order valence-electron chi connectivity index (χ0n) is 10.7. The Bertz CT molecular complexity index is 641. The third-order valence-corrected chi connectivity index (χ3v) is 4.54. The van der Waals surface area contributed by atoms with E-state index >= 15 is 0 Å². The highest BCUT2D eigenvalue weighted by Gasteiger charge is 2.26. The number of hydrogen-bond acceptors (Lipinski definition) is 4. The molecule has 19 heavy (non-hydrogen) atoms. The molecule has 2 rings (SSSR count). The normalized spacial score (nSPS) is 11.1. The summed E-state index contributed by atoms with van der Waals surface area (Å²) < 4.78 is 35.5. The minimum Gasteiger partial charge on any atom is -0.495 e. The Morgan fingerprint density at radius 1 is 0.789 bits per heavy atom. The van der Waals surface area contributed by atoms with Crippen LogP contribution in [-0.2, 0) is 9.84 Å². The summed E-state index contributed by atoms with van der Waals surface area (Å²) in [7, 11) is -0.816. The van der Waals surface area contributed by atoms with Gasteiger partial charge >= 0.3 is 0 Å². The lowest BCUT2D eigenvalue weighted by Crippen LogP contribution is -2.06. The van der Waals surface area contributed by atoms with Crippen molar-refractivity contribution in [3.05, 3.63) is 48.5 Å². The van der Waals surface area contributed by atoms with Crippen LogP contribution in [0.15, 0.2) is 58.3 Å². The monoisotopic (exact) mass is 278 g/mol. The van der Waals surface area contributed by atoms with Gasteiger partial charge in [-0.1, -0.05) is 24.3 Å². The Hall–Kier alpha value is -2.01. The van der Waals surface area contributed by atoms with Crippen molar-refractivity contribution in [1.29, 1.82) is 0 Å². The second kappa shape index (κ2) is 5.32. The quantitative estimate of drug-likeness (QED) is 0.862. The van der Waals surface area contributed by atoms with E-state index in [1.165, 1.54) is 14.2 Å². The van der Waals surface area contributed by atoms with Crippen LogP contribution in [-0.4, -0.2) is 22.6 Å². The van der Waals surface area contributed by atoms with E-state index in [2.05, 4.69) is 0 Å². The first-order chi connectivity index (χ1) is 9.11. The van der Waals surface area contributed by atoms with Crippen LogP contribution in [0.1, 0.15) is 0 Å². The average Bonchev–Trinajstić information content (AvgIpc) is 2.47. The smallest absolute Gasteiger partial charge is 0.213 e. The van der Waals surface area contributed by atoms with Crippen LogP contribution in [0.5, 0.6) is 11.5 Å². The number of hydrogen-bond donors (Lipinski definition) is 0. The zero-order chi connectivity index (χ0) is 13.9. The lowest BCUT2D eigenvalue weighted by atomic mass is 10.3. The molecule has 0 bridgehead atoms. The van der Waals surface area contributed by atoms with Gasteiger partial charge in [0.05, 0.1) is 19.1 Å². The van der Waals surface area contributed by atoms with Gasteiger partial charge in [-0.2, -0.15) is 0 Å². The minimum atomic E-state index is -3.67. The number of ether oxygens (including phenoxy) is 2. The molecule has 100 valence electrons. The topological polar surface area (TPSA) is 52.6 Å². The van der Waals surface area contributed by atoms with Crippen molar-refractivity contribution in [3.63, 3.8) is 0 Å². The highest BCUT2D eigenvalue weighted by molar-refractivity contribution is 7.91. The molecule has 0 heterocycles. The summed E-state index contributed by atoms with van der Waals surface area (Å²) in [5, 5.41) is 0. The van der Waals surface area contributed by atoms with Crippen LogP contribution in [0.3, 0.4) is 0 Å². The molecule has 0 unspecified atom stereocenters. The fourth-order valence-corrected chi connectivity index (χ4v) is 3.38. The standard InChI is InChI=1S/C14H14O4S/c1-17-12-9-6-10-13(18-2)14(12)19(15,16)11-7-4-3-5-8-11/h3-10H,1-2H3. The lowest BCUT2D eigenvalue weighted by Gasteiger charge is -2.13. The van der Waals surface area contributed by atoms with E-state index < -0.39 is 9.84 Å². The highest BCUT2D eigenvalue weighted by Crippen LogP contribution is 2.36. The van der Waals surface area contributed by atoms with Crippen LogP contribution >= 0.6 is 0 Å². The molecule has 0 saturated carbocycles. The van der Waals surface area contributed by atoms with E-state index in [0.29, 0.717) is 0 Å². The molecule has 0 aromatic heterocycles. The molecule has 0 aliphatic rings. The molecule has 0 spiro atoms. The predicted molar refractivity (Wildman–Crippen MR) is 71.4 cm³/mol. The van der Waals surface area contributed by atoms with Crippen LogP contribution in [0, 0.1) is 0 Å². The first kappa shape index (κ1) is 13.4. The molecule has 0 amide bonds. The maximum Gasteiger partial charge on any atom is 0.213 e. The number of methoxy groups -OCH3 is 2. The van der Waals surface area contributed by atoms with Gasteiger partial charge in [0.1, 0.15) is 11.5 Å². The van der Waals surface area contributed by atoms with E-state index in [1.54, 1.807) is 48.5 Å². The summed E-state index contributed by atoms with van der Waals surface area (Å²) in [5.41, 5.74) is 0. The van der Waals surface area contributed by atoms with Crippen LogP contribution in [0.25, 0.3) is 0 Å². The van der Waals surface area contributed by atoms with Crippen LogP contribution in [0.4, 0.5) is 0 Å². The van der Waals surface area contributed by atoms with Crippen LogP contribution in [0.2, 0.25) is 0 Å². The molecule has 2 aromatic carbocycles. The summed E-state index contributed by atoms with van der Waals surface area (Å²) in [5.74, 6) is 0.534. The van der Waals surface area contributed by atoms with Gasteiger partial charge in [0.25, 0.3) is 0 Å². The van der Waals surface area contributed by atoms with Crippen molar-refractivity contribution in [2.45, 2.75) is 9.79 Å². The predicted octanol–water partition coefficient (Wildman–Crippen LogP) is 2.54. The van der Waals surface area contributed by atoms with E-state index in [9.17, 15) is 8.42 Å². The van der Waals surface area contributed by atoms with E-state index in [-0.39, 0.29) is 21.3 Å². The SMILES string of the molecule is COc1cccc(OC)c1S(=O)(=O)c1ccccc1. The van der Waals surface area contributed by atoms with Gasteiger partial charge in [-0.05, 0) is 24.3 Å². The van der Waals surface area contributed by atoms with Gasteiger partial charge < -0.3 is 9.47 Å². The van der Waals surface area contributed by atoms with Crippen molar-refractivity contribution >= 4 is 9.84 Å². The molecule has 0 aliphatic heterocycles. The van der Waals surface area contributed by atoms with E-state index in [1.807, 2.05) is 0 Å². The number of benzene rings is 2. The Kier molecular flexibility index (Phi) is 3.76. The molecular weight excluding hydrogens is 264 g/mol. The maximum atomic E-state index is 12.6. The van der Waals surface area contributed by atoms with Crippen molar-refractivity contribution in [2.75, 3.05) is 14.2 Å². The van der Waals surface area contributed by atoms with Gasteiger partial charge in [-0.25, -0.2) is 8.42 Å². The van der Waals surface area contributed by atoms with Crippen molar-refractivity contribution < 1.29 is 17.9 Å². The Labute approximate surface area is 112 Å². The van der Waals surface area contributed by atoms with Gasteiger partial charge in [0.2, 0.25) is 9.84 Å². The molecule has 0 saturated heterocycles. The fourth-order valence-electron chi connectivity index (χ4n) is 1.80. The summed E-state index contributed by atoms with van der Waals surface area (Å²) in [6.45, 7) is 0. The molecule has 0 aliphatic carbocycles. The summed E-state index contributed by atoms with van der Waals surface area (Å²) >= 11 is 0. The number of sulfone groups is 1. The molecule has 0 N–H and O–H groups in total. The van der Waals surface area contributed by atoms with Gasteiger partial charge in [-0.3, -0.25) is 0 Å². The third kappa shape index (κ3) is 2.42. The van der Waals surface area contributed by atoms with Crippen LogP contribution < -0.4 is 9.47 Å². The minimum absolute atomic E-state index is 0.0474. The second-order valence-corrected chi connectivity index (χ2v) is 5.69. The van der Waals surface area contributed by atoms with Gasteiger partial charge in [-0.15, -0.1) is 0 Å². The average molecular weight is 278 g/mol. The first-order valence-electron chi connectivity index (χ1n) is 5.62. The first-order valence-corrected chi connectivity index (χ1v) is 7.10. The molecule has 0 radical (unpaired) electrons. The molecule has 0 atom stereocenters. The van der Waals surface area contributed by atoms with Gasteiger partial charge in [0, 0.05) is 0 Å². The summed E-state index contributed by atoms with van der Waals surface area (Å²) in [6.07, 6.45) is 0. The largest absolute Gasteiger partial charge is 0.495 e. The highest BCUT2D eigenvalue weighted by atomic mass is 32.2. The molecule has 2 aromatic rings. The maximum absolute atomic E-state index is 12.6.